The molecule has 1 saturated heterocycles. The molecule has 0 radical (unpaired) electrons. The zero-order valence-corrected chi connectivity index (χ0v) is 12.5. The Hall–Kier alpha value is -0.840. The maximum atomic E-state index is 10.1. The van der Waals surface area contributed by atoms with Gasteiger partial charge in [0, 0.05) is 30.7 Å². The molecule has 1 aromatic heterocycles. The molecule has 2 aliphatic rings. The van der Waals surface area contributed by atoms with Crippen LogP contribution in [-0.2, 0) is 0 Å². The van der Waals surface area contributed by atoms with Gasteiger partial charge in [0.05, 0.1) is 6.26 Å². The third kappa shape index (κ3) is 3.25. The van der Waals surface area contributed by atoms with Crippen LogP contribution in [0.2, 0.25) is 0 Å². The van der Waals surface area contributed by atoms with Crippen molar-refractivity contribution in [1.82, 2.24) is 10.2 Å². The summed E-state index contributed by atoms with van der Waals surface area (Å²) in [6.45, 7) is 5.64. The van der Waals surface area contributed by atoms with Gasteiger partial charge in [-0.3, -0.25) is 4.90 Å². The third-order valence-electron chi connectivity index (χ3n) is 4.61. The van der Waals surface area contributed by atoms with E-state index in [-0.39, 0.29) is 0 Å². The van der Waals surface area contributed by atoms with E-state index in [9.17, 15) is 5.11 Å². The van der Waals surface area contributed by atoms with Gasteiger partial charge in [0.1, 0.15) is 11.9 Å². The third-order valence-corrected chi connectivity index (χ3v) is 4.61. The fourth-order valence-corrected chi connectivity index (χ4v) is 3.49. The van der Waals surface area contributed by atoms with E-state index < -0.39 is 6.10 Å². The van der Waals surface area contributed by atoms with E-state index in [0.717, 1.165) is 12.6 Å². The van der Waals surface area contributed by atoms with Crippen LogP contribution >= 0.6 is 0 Å². The van der Waals surface area contributed by atoms with Crippen LogP contribution < -0.4 is 5.32 Å². The molecule has 2 fully saturated rings. The van der Waals surface area contributed by atoms with Crippen molar-refractivity contribution in [3.05, 3.63) is 24.2 Å². The van der Waals surface area contributed by atoms with Crippen molar-refractivity contribution >= 4 is 0 Å². The second kappa shape index (κ2) is 5.88. The highest BCUT2D eigenvalue weighted by Gasteiger charge is 2.38. The molecule has 2 N–H and O–H groups in total. The highest BCUT2D eigenvalue weighted by molar-refractivity contribution is 5.02. The lowest BCUT2D eigenvalue weighted by Gasteiger charge is -2.22. The second-order valence-electron chi connectivity index (χ2n) is 6.54. The molecule has 1 aliphatic carbocycles. The van der Waals surface area contributed by atoms with Crippen molar-refractivity contribution in [1.29, 1.82) is 0 Å². The highest BCUT2D eigenvalue weighted by Crippen LogP contribution is 2.33. The first-order valence-corrected chi connectivity index (χ1v) is 7.86. The minimum Gasteiger partial charge on any atom is -0.467 e. The molecule has 4 heteroatoms. The molecule has 0 amide bonds. The summed E-state index contributed by atoms with van der Waals surface area (Å²) in [6.07, 6.45) is 5.78. The summed E-state index contributed by atoms with van der Waals surface area (Å²) in [7, 11) is 0. The fraction of sp³-hybridized carbons (Fsp3) is 0.750. The smallest absolute Gasteiger partial charge is 0.132 e. The number of furan rings is 1. The molecule has 3 rings (SSSR count). The Bertz CT molecular complexity index is 416. The first-order chi connectivity index (χ1) is 9.63. The molecule has 112 valence electrons. The Kier molecular flexibility index (Phi) is 4.15. The second-order valence-corrected chi connectivity index (χ2v) is 6.54. The Morgan fingerprint density at radius 3 is 2.95 bits per heavy atom. The first-order valence-electron chi connectivity index (χ1n) is 7.86. The van der Waals surface area contributed by atoms with E-state index >= 15 is 0 Å². The van der Waals surface area contributed by atoms with Crippen molar-refractivity contribution in [2.45, 2.75) is 69.8 Å². The number of hydrogen-bond acceptors (Lipinski definition) is 4. The topological polar surface area (TPSA) is 48.6 Å². The zero-order valence-electron chi connectivity index (χ0n) is 12.5. The van der Waals surface area contributed by atoms with E-state index in [4.69, 9.17) is 4.42 Å². The maximum absolute atomic E-state index is 10.1. The summed E-state index contributed by atoms with van der Waals surface area (Å²) < 4.78 is 5.25. The highest BCUT2D eigenvalue weighted by atomic mass is 16.4. The lowest BCUT2D eigenvalue weighted by molar-refractivity contribution is 0.126. The van der Waals surface area contributed by atoms with Gasteiger partial charge in [-0.05, 0) is 51.7 Å². The Morgan fingerprint density at radius 2 is 2.30 bits per heavy atom. The molecular formula is C16H26N2O2. The number of hydrogen-bond donors (Lipinski definition) is 2. The molecule has 4 nitrogen and oxygen atoms in total. The van der Waals surface area contributed by atoms with E-state index in [2.05, 4.69) is 24.1 Å². The van der Waals surface area contributed by atoms with Gasteiger partial charge in [-0.2, -0.15) is 0 Å². The van der Waals surface area contributed by atoms with E-state index in [1.54, 1.807) is 6.26 Å². The number of likely N-dealkylation sites (tertiary alicyclic amines) is 1. The SMILES string of the molecule is CC(CC(O)c1ccco1)NC1CC(C)N(C2CC2)C1. The van der Waals surface area contributed by atoms with E-state index in [0.29, 0.717) is 30.3 Å². The number of rotatable bonds is 6. The number of aliphatic hydroxyl groups is 1. The Labute approximate surface area is 121 Å². The molecule has 1 aliphatic heterocycles. The normalized spacial score (nSPS) is 30.6. The number of aliphatic hydroxyl groups excluding tert-OH is 1. The standard InChI is InChI=1S/C16H26N2O2/c1-11(8-15(19)16-4-3-7-20-16)17-13-9-12(2)18(10-13)14-5-6-14/h3-4,7,11-15,17,19H,5-6,8-10H2,1-2H3. The molecule has 4 atom stereocenters. The summed E-state index contributed by atoms with van der Waals surface area (Å²) >= 11 is 0. The summed E-state index contributed by atoms with van der Waals surface area (Å²) in [5.74, 6) is 0.665. The van der Waals surface area contributed by atoms with Gasteiger partial charge in [0.25, 0.3) is 0 Å². The van der Waals surface area contributed by atoms with Crippen molar-refractivity contribution < 1.29 is 9.52 Å². The van der Waals surface area contributed by atoms with Crippen molar-refractivity contribution in [3.8, 4) is 0 Å². The van der Waals surface area contributed by atoms with Crippen LogP contribution in [-0.4, -0.2) is 40.7 Å². The predicted octanol–water partition coefficient (Wildman–Crippen LogP) is 2.31. The van der Waals surface area contributed by atoms with Gasteiger partial charge < -0.3 is 14.8 Å². The fourth-order valence-electron chi connectivity index (χ4n) is 3.49. The van der Waals surface area contributed by atoms with Gasteiger partial charge in [-0.1, -0.05) is 0 Å². The van der Waals surface area contributed by atoms with Crippen LogP contribution in [0.3, 0.4) is 0 Å². The van der Waals surface area contributed by atoms with Crippen LogP contribution in [0.4, 0.5) is 0 Å². The minimum absolute atomic E-state index is 0.298. The lowest BCUT2D eigenvalue weighted by Crippen LogP contribution is -2.39. The quantitative estimate of drug-likeness (QED) is 0.838. The average molecular weight is 278 g/mol. The van der Waals surface area contributed by atoms with Crippen molar-refractivity contribution in [2.75, 3.05) is 6.54 Å². The molecule has 1 saturated carbocycles. The molecule has 1 aromatic rings. The van der Waals surface area contributed by atoms with Gasteiger partial charge in [-0.15, -0.1) is 0 Å². The summed E-state index contributed by atoms with van der Waals surface area (Å²) in [6, 6.07) is 6.06. The van der Waals surface area contributed by atoms with Crippen LogP contribution in [0.15, 0.2) is 22.8 Å². The van der Waals surface area contributed by atoms with Crippen molar-refractivity contribution in [3.63, 3.8) is 0 Å². The van der Waals surface area contributed by atoms with Crippen LogP contribution in [0, 0.1) is 0 Å². The van der Waals surface area contributed by atoms with Gasteiger partial charge in [0.2, 0.25) is 0 Å². The molecule has 4 unspecified atom stereocenters. The monoisotopic (exact) mass is 278 g/mol. The molecule has 20 heavy (non-hydrogen) atoms. The van der Waals surface area contributed by atoms with Crippen LogP contribution in [0.5, 0.6) is 0 Å². The average Bonchev–Trinajstić information content (AvgIpc) is 2.95. The molecule has 0 aromatic carbocycles. The van der Waals surface area contributed by atoms with Crippen molar-refractivity contribution in [2.24, 2.45) is 0 Å². The Balaban J connectivity index is 1.46. The van der Waals surface area contributed by atoms with Crippen LogP contribution in [0.1, 0.15) is 51.4 Å². The van der Waals surface area contributed by atoms with E-state index in [1.165, 1.54) is 19.3 Å². The largest absolute Gasteiger partial charge is 0.467 e. The first kappa shape index (κ1) is 14.1. The zero-order chi connectivity index (χ0) is 14.1. The van der Waals surface area contributed by atoms with Crippen LogP contribution in [0.25, 0.3) is 0 Å². The predicted molar refractivity (Wildman–Crippen MR) is 78.5 cm³/mol. The molecular weight excluding hydrogens is 252 g/mol. The summed E-state index contributed by atoms with van der Waals surface area (Å²) in [5.41, 5.74) is 0. The Morgan fingerprint density at radius 1 is 1.50 bits per heavy atom. The molecule has 0 spiro atoms. The van der Waals surface area contributed by atoms with Gasteiger partial charge in [0.15, 0.2) is 0 Å². The number of nitrogens with zero attached hydrogens (tertiary/aromatic N) is 1. The summed E-state index contributed by atoms with van der Waals surface area (Å²) in [5, 5.41) is 13.8. The van der Waals surface area contributed by atoms with E-state index in [1.807, 2.05) is 12.1 Å². The van der Waals surface area contributed by atoms with Gasteiger partial charge >= 0.3 is 0 Å². The lowest BCUT2D eigenvalue weighted by atomic mass is 10.1. The molecule has 0 bridgehead atoms. The van der Waals surface area contributed by atoms with Gasteiger partial charge in [-0.25, -0.2) is 0 Å². The molecule has 2 heterocycles. The maximum Gasteiger partial charge on any atom is 0.132 e. The summed E-state index contributed by atoms with van der Waals surface area (Å²) in [4.78, 5) is 2.65. The number of nitrogens with one attached hydrogen (secondary N) is 1. The minimum atomic E-state index is -0.508.